The van der Waals surface area contributed by atoms with Crippen molar-refractivity contribution >= 4 is 11.6 Å². The lowest BCUT2D eigenvalue weighted by atomic mass is 9.78. The maximum atomic E-state index is 6.14. The van der Waals surface area contributed by atoms with Crippen molar-refractivity contribution in [1.29, 1.82) is 0 Å². The van der Waals surface area contributed by atoms with Crippen LogP contribution in [-0.2, 0) is 4.74 Å². The van der Waals surface area contributed by atoms with Gasteiger partial charge in [-0.05, 0) is 31.6 Å². The van der Waals surface area contributed by atoms with E-state index in [2.05, 4.69) is 55.4 Å². The molecule has 3 atom stereocenters. The smallest absolute Gasteiger partial charge is 0.191 e. The van der Waals surface area contributed by atoms with E-state index >= 15 is 0 Å². The molecule has 180 valence electrons. The average Bonchev–Trinajstić information content (AvgIpc) is 3.25. The van der Waals surface area contributed by atoms with Crippen molar-refractivity contribution in [3.05, 3.63) is 18.2 Å². The minimum atomic E-state index is 0.135. The first kappa shape index (κ1) is 24.5. The fraction of sp³-hybridized carbons (Fsp3) is 0.720. The van der Waals surface area contributed by atoms with Crippen molar-refractivity contribution < 1.29 is 14.2 Å². The Morgan fingerprint density at radius 2 is 1.88 bits per heavy atom. The molecule has 2 aliphatic rings. The summed E-state index contributed by atoms with van der Waals surface area (Å²) >= 11 is 0. The van der Waals surface area contributed by atoms with E-state index in [9.17, 15) is 0 Å². The first-order valence-electron chi connectivity index (χ1n) is 12.0. The zero-order valence-electron chi connectivity index (χ0n) is 20.7. The Bertz CT molecular complexity index is 740. The molecule has 0 bridgehead atoms. The highest BCUT2D eigenvalue weighted by atomic mass is 16.5. The number of methoxy groups -OCH3 is 2. The Balaban J connectivity index is 1.63. The standard InChI is InChI=1S/C25H42N4O3/c1-7-26-24(27-16-18-9-8-12-32-23(18)25(2,3)4)28-19-10-11-29(17-19)20-13-21(30-5)15-22(14-20)31-6/h13-15,18-19,23H,7-12,16-17H2,1-6H3,(H2,26,27,28). The largest absolute Gasteiger partial charge is 0.497 e. The topological polar surface area (TPSA) is 67.4 Å². The number of ether oxygens (including phenoxy) is 3. The first-order chi connectivity index (χ1) is 15.3. The summed E-state index contributed by atoms with van der Waals surface area (Å²) < 4.78 is 17.0. The van der Waals surface area contributed by atoms with Crippen LogP contribution in [0.5, 0.6) is 11.5 Å². The lowest BCUT2D eigenvalue weighted by Crippen LogP contribution is -2.46. The van der Waals surface area contributed by atoms with Gasteiger partial charge in [0.2, 0.25) is 0 Å². The Kier molecular flexibility index (Phi) is 8.51. The monoisotopic (exact) mass is 446 g/mol. The van der Waals surface area contributed by atoms with E-state index < -0.39 is 0 Å². The van der Waals surface area contributed by atoms with E-state index in [0.717, 1.165) is 68.8 Å². The molecule has 2 saturated heterocycles. The molecule has 2 heterocycles. The Hall–Kier alpha value is -2.15. The zero-order chi connectivity index (χ0) is 23.1. The fourth-order valence-corrected chi connectivity index (χ4v) is 4.80. The first-order valence-corrected chi connectivity index (χ1v) is 12.0. The minimum absolute atomic E-state index is 0.135. The van der Waals surface area contributed by atoms with Crippen molar-refractivity contribution in [1.82, 2.24) is 10.6 Å². The molecule has 0 aliphatic carbocycles. The summed E-state index contributed by atoms with van der Waals surface area (Å²) in [7, 11) is 3.38. The number of hydrogen-bond acceptors (Lipinski definition) is 5. The lowest BCUT2D eigenvalue weighted by molar-refractivity contribution is -0.0823. The molecule has 1 aromatic rings. The summed E-state index contributed by atoms with van der Waals surface area (Å²) in [4.78, 5) is 7.34. The second-order valence-corrected chi connectivity index (χ2v) is 9.93. The molecule has 0 spiro atoms. The van der Waals surface area contributed by atoms with Gasteiger partial charge in [0.15, 0.2) is 5.96 Å². The van der Waals surface area contributed by atoms with Gasteiger partial charge in [0.1, 0.15) is 11.5 Å². The highest BCUT2D eigenvalue weighted by Gasteiger charge is 2.35. The van der Waals surface area contributed by atoms with Crippen molar-refractivity contribution in [3.8, 4) is 11.5 Å². The summed E-state index contributed by atoms with van der Waals surface area (Å²) in [6.07, 6.45) is 3.62. The Labute approximate surface area is 193 Å². The Morgan fingerprint density at radius 1 is 1.16 bits per heavy atom. The molecule has 3 unspecified atom stereocenters. The summed E-state index contributed by atoms with van der Waals surface area (Å²) in [6.45, 7) is 13.3. The second-order valence-electron chi connectivity index (χ2n) is 9.93. The molecule has 2 N–H and O–H groups in total. The van der Waals surface area contributed by atoms with Crippen molar-refractivity contribution in [3.63, 3.8) is 0 Å². The van der Waals surface area contributed by atoms with Gasteiger partial charge in [-0.2, -0.15) is 0 Å². The quantitative estimate of drug-likeness (QED) is 0.492. The van der Waals surface area contributed by atoms with E-state index in [1.165, 1.54) is 6.42 Å². The minimum Gasteiger partial charge on any atom is -0.497 e. The van der Waals surface area contributed by atoms with Crippen LogP contribution in [-0.4, -0.2) is 65.1 Å². The highest BCUT2D eigenvalue weighted by Crippen LogP contribution is 2.34. The SMILES string of the molecule is CCNC(=NCC1CCCOC1C(C)(C)C)NC1CCN(c2cc(OC)cc(OC)c2)C1. The molecule has 7 nitrogen and oxygen atoms in total. The van der Waals surface area contributed by atoms with E-state index in [1.54, 1.807) is 14.2 Å². The lowest BCUT2D eigenvalue weighted by Gasteiger charge is -2.39. The zero-order valence-corrected chi connectivity index (χ0v) is 20.7. The highest BCUT2D eigenvalue weighted by molar-refractivity contribution is 5.80. The fourth-order valence-electron chi connectivity index (χ4n) is 4.80. The van der Waals surface area contributed by atoms with Crippen molar-refractivity contribution in [2.75, 3.05) is 51.9 Å². The van der Waals surface area contributed by atoms with Gasteiger partial charge in [-0.25, -0.2) is 0 Å². The number of rotatable bonds is 7. The van der Waals surface area contributed by atoms with Gasteiger partial charge in [-0.15, -0.1) is 0 Å². The molecule has 0 aromatic heterocycles. The molecule has 3 rings (SSSR count). The molecule has 1 aromatic carbocycles. The van der Waals surface area contributed by atoms with Crippen molar-refractivity contribution in [2.45, 2.75) is 59.1 Å². The number of anilines is 1. The third-order valence-corrected chi connectivity index (χ3v) is 6.36. The van der Waals surface area contributed by atoms with Crippen LogP contribution in [0.1, 0.15) is 47.0 Å². The number of nitrogens with one attached hydrogen (secondary N) is 2. The van der Waals surface area contributed by atoms with Crippen molar-refractivity contribution in [2.24, 2.45) is 16.3 Å². The molecule has 0 amide bonds. The van der Waals surface area contributed by atoms with Crippen LogP contribution in [0.3, 0.4) is 0 Å². The van der Waals surface area contributed by atoms with E-state index in [4.69, 9.17) is 19.2 Å². The molecule has 0 radical (unpaired) electrons. The average molecular weight is 447 g/mol. The van der Waals surface area contributed by atoms with Gasteiger partial charge in [-0.3, -0.25) is 4.99 Å². The predicted octanol–water partition coefficient (Wildman–Crippen LogP) is 3.68. The number of guanidine groups is 1. The molecule has 7 heteroatoms. The van der Waals surface area contributed by atoms with Crippen LogP contribution in [0.25, 0.3) is 0 Å². The molecule has 32 heavy (non-hydrogen) atoms. The normalized spacial score (nSPS) is 24.4. The third kappa shape index (κ3) is 6.44. The van der Waals surface area contributed by atoms with Crippen LogP contribution in [0, 0.1) is 11.3 Å². The van der Waals surface area contributed by atoms with Gasteiger partial charge < -0.3 is 29.7 Å². The van der Waals surface area contributed by atoms with Gasteiger partial charge in [0.05, 0.1) is 20.3 Å². The Morgan fingerprint density at radius 3 is 2.50 bits per heavy atom. The van der Waals surface area contributed by atoms with Gasteiger partial charge in [-0.1, -0.05) is 20.8 Å². The third-order valence-electron chi connectivity index (χ3n) is 6.36. The van der Waals surface area contributed by atoms with Crippen LogP contribution < -0.4 is 25.0 Å². The van der Waals surface area contributed by atoms with Crippen LogP contribution in [0.15, 0.2) is 23.2 Å². The predicted molar refractivity (Wildman–Crippen MR) is 131 cm³/mol. The maximum Gasteiger partial charge on any atom is 0.191 e. The van der Waals surface area contributed by atoms with Gasteiger partial charge in [0, 0.05) is 68.6 Å². The van der Waals surface area contributed by atoms with Gasteiger partial charge >= 0.3 is 0 Å². The summed E-state index contributed by atoms with van der Waals surface area (Å²) in [5.74, 6) is 2.99. The van der Waals surface area contributed by atoms with E-state index in [0.29, 0.717) is 12.0 Å². The van der Waals surface area contributed by atoms with E-state index in [1.807, 2.05) is 6.07 Å². The summed E-state index contributed by atoms with van der Waals surface area (Å²) in [5, 5.41) is 7.09. The number of hydrogen-bond donors (Lipinski definition) is 2. The molecular weight excluding hydrogens is 404 g/mol. The summed E-state index contributed by atoms with van der Waals surface area (Å²) in [5.41, 5.74) is 1.26. The maximum absolute atomic E-state index is 6.14. The summed E-state index contributed by atoms with van der Waals surface area (Å²) in [6, 6.07) is 6.39. The van der Waals surface area contributed by atoms with Crippen LogP contribution in [0.4, 0.5) is 5.69 Å². The van der Waals surface area contributed by atoms with Crippen LogP contribution >= 0.6 is 0 Å². The molecule has 0 saturated carbocycles. The number of nitrogens with zero attached hydrogens (tertiary/aromatic N) is 2. The van der Waals surface area contributed by atoms with E-state index in [-0.39, 0.29) is 11.5 Å². The molecule has 2 aliphatic heterocycles. The molecule has 2 fully saturated rings. The van der Waals surface area contributed by atoms with Gasteiger partial charge in [0.25, 0.3) is 0 Å². The number of aliphatic imine (C=N–C) groups is 1. The van der Waals surface area contributed by atoms with Crippen LogP contribution in [0.2, 0.25) is 0 Å². The molecular formula is C25H42N4O3. The number of benzene rings is 1. The second kappa shape index (κ2) is 11.1.